The van der Waals surface area contributed by atoms with Crippen LogP contribution in [-0.4, -0.2) is 19.2 Å². The molecule has 112 valence electrons. The van der Waals surface area contributed by atoms with E-state index in [2.05, 4.69) is 27.7 Å². The van der Waals surface area contributed by atoms with Gasteiger partial charge < -0.3 is 9.47 Å². The first kappa shape index (κ1) is 16.5. The third kappa shape index (κ3) is 6.60. The number of carbonyl (C=O) groups is 1. The van der Waals surface area contributed by atoms with E-state index in [1.807, 2.05) is 12.1 Å². The van der Waals surface area contributed by atoms with Crippen molar-refractivity contribution in [1.82, 2.24) is 0 Å². The minimum absolute atomic E-state index is 0.278. The fraction of sp³-hybridized carbons (Fsp3) is 0.588. The predicted molar refractivity (Wildman–Crippen MR) is 81.1 cm³/mol. The normalized spacial score (nSPS) is 10.9. The standard InChI is InChI=1S/C17H26O3/c1-13(2)8-10-19-16-7-5-6-15(12-16)17(18)20-11-9-14(3)4/h5-7,12-14H,8-11H2,1-4H3. The van der Waals surface area contributed by atoms with Crippen molar-refractivity contribution in [3.8, 4) is 5.75 Å². The van der Waals surface area contributed by atoms with Crippen LogP contribution in [0.1, 0.15) is 50.9 Å². The third-order valence-electron chi connectivity index (χ3n) is 2.96. The molecule has 1 aromatic rings. The molecule has 0 radical (unpaired) electrons. The molecule has 0 bridgehead atoms. The van der Waals surface area contributed by atoms with Crippen molar-refractivity contribution in [2.75, 3.05) is 13.2 Å². The van der Waals surface area contributed by atoms with Gasteiger partial charge in [-0.3, -0.25) is 0 Å². The Labute approximate surface area is 122 Å². The van der Waals surface area contributed by atoms with Gasteiger partial charge in [0.2, 0.25) is 0 Å². The van der Waals surface area contributed by atoms with Gasteiger partial charge in [-0.05, 0) is 42.9 Å². The third-order valence-corrected chi connectivity index (χ3v) is 2.96. The summed E-state index contributed by atoms with van der Waals surface area (Å²) in [4.78, 5) is 11.9. The van der Waals surface area contributed by atoms with Crippen LogP contribution >= 0.6 is 0 Å². The number of hydrogen-bond donors (Lipinski definition) is 0. The number of ether oxygens (including phenoxy) is 2. The van der Waals surface area contributed by atoms with E-state index in [0.29, 0.717) is 30.6 Å². The molecule has 0 amide bonds. The van der Waals surface area contributed by atoms with Gasteiger partial charge in [-0.15, -0.1) is 0 Å². The van der Waals surface area contributed by atoms with Crippen LogP contribution in [0.4, 0.5) is 0 Å². The van der Waals surface area contributed by atoms with Gasteiger partial charge in [0.15, 0.2) is 0 Å². The van der Waals surface area contributed by atoms with Crippen molar-refractivity contribution in [2.24, 2.45) is 11.8 Å². The summed E-state index contributed by atoms with van der Waals surface area (Å²) in [5.41, 5.74) is 0.552. The van der Waals surface area contributed by atoms with Crippen molar-refractivity contribution in [2.45, 2.75) is 40.5 Å². The molecule has 0 spiro atoms. The minimum atomic E-state index is -0.278. The first-order valence-corrected chi connectivity index (χ1v) is 7.39. The predicted octanol–water partition coefficient (Wildman–Crippen LogP) is 4.31. The quantitative estimate of drug-likeness (QED) is 0.664. The maximum Gasteiger partial charge on any atom is 0.338 e. The van der Waals surface area contributed by atoms with Gasteiger partial charge in [-0.25, -0.2) is 4.79 Å². The Morgan fingerprint density at radius 1 is 1.05 bits per heavy atom. The molecule has 0 aromatic heterocycles. The Morgan fingerprint density at radius 2 is 1.70 bits per heavy atom. The van der Waals surface area contributed by atoms with E-state index in [0.717, 1.165) is 18.6 Å². The van der Waals surface area contributed by atoms with Crippen LogP contribution in [0.2, 0.25) is 0 Å². The molecule has 0 aliphatic carbocycles. The molecule has 3 nitrogen and oxygen atoms in total. The van der Waals surface area contributed by atoms with E-state index in [-0.39, 0.29) is 5.97 Å². The van der Waals surface area contributed by atoms with Crippen molar-refractivity contribution in [3.63, 3.8) is 0 Å². The van der Waals surface area contributed by atoms with E-state index < -0.39 is 0 Å². The molecular weight excluding hydrogens is 252 g/mol. The van der Waals surface area contributed by atoms with Gasteiger partial charge in [0.05, 0.1) is 18.8 Å². The maximum absolute atomic E-state index is 11.9. The Bertz CT molecular complexity index is 410. The maximum atomic E-state index is 11.9. The van der Waals surface area contributed by atoms with Gasteiger partial charge >= 0.3 is 5.97 Å². The smallest absolute Gasteiger partial charge is 0.338 e. The molecule has 0 atom stereocenters. The van der Waals surface area contributed by atoms with Crippen LogP contribution in [0.25, 0.3) is 0 Å². The lowest BCUT2D eigenvalue weighted by atomic mass is 10.1. The van der Waals surface area contributed by atoms with E-state index in [1.165, 1.54) is 0 Å². The second-order valence-corrected chi connectivity index (χ2v) is 5.88. The molecule has 0 N–H and O–H groups in total. The van der Waals surface area contributed by atoms with E-state index in [4.69, 9.17) is 9.47 Å². The van der Waals surface area contributed by atoms with Crippen molar-refractivity contribution >= 4 is 5.97 Å². The zero-order valence-corrected chi connectivity index (χ0v) is 13.0. The largest absolute Gasteiger partial charge is 0.494 e. The van der Waals surface area contributed by atoms with Gasteiger partial charge in [0.25, 0.3) is 0 Å². The lowest BCUT2D eigenvalue weighted by molar-refractivity contribution is 0.0487. The van der Waals surface area contributed by atoms with E-state index in [1.54, 1.807) is 12.1 Å². The average Bonchev–Trinajstić information content (AvgIpc) is 2.38. The highest BCUT2D eigenvalue weighted by Crippen LogP contribution is 2.15. The van der Waals surface area contributed by atoms with Crippen molar-refractivity contribution in [3.05, 3.63) is 29.8 Å². The summed E-state index contributed by atoms with van der Waals surface area (Å²) < 4.78 is 10.9. The van der Waals surface area contributed by atoms with Crippen LogP contribution in [-0.2, 0) is 4.74 Å². The zero-order chi connectivity index (χ0) is 15.0. The first-order chi connectivity index (χ1) is 9.49. The number of carbonyl (C=O) groups excluding carboxylic acids is 1. The molecule has 3 heteroatoms. The summed E-state index contributed by atoms with van der Waals surface area (Å²) in [6, 6.07) is 7.19. The lowest BCUT2D eigenvalue weighted by Gasteiger charge is -2.10. The summed E-state index contributed by atoms with van der Waals surface area (Å²) in [6.07, 6.45) is 1.89. The lowest BCUT2D eigenvalue weighted by Crippen LogP contribution is -2.08. The molecule has 0 saturated carbocycles. The number of hydrogen-bond acceptors (Lipinski definition) is 3. The Balaban J connectivity index is 2.47. The molecule has 20 heavy (non-hydrogen) atoms. The van der Waals surface area contributed by atoms with Crippen LogP contribution in [0.15, 0.2) is 24.3 Å². The molecule has 1 rings (SSSR count). The molecule has 0 heterocycles. The molecule has 0 aliphatic rings. The minimum Gasteiger partial charge on any atom is -0.494 e. The fourth-order valence-corrected chi connectivity index (χ4v) is 1.60. The number of rotatable bonds is 8. The van der Waals surface area contributed by atoms with Crippen LogP contribution in [0.3, 0.4) is 0 Å². The van der Waals surface area contributed by atoms with Crippen LogP contribution < -0.4 is 4.74 Å². The number of benzene rings is 1. The van der Waals surface area contributed by atoms with Crippen LogP contribution in [0, 0.1) is 11.8 Å². The fourth-order valence-electron chi connectivity index (χ4n) is 1.60. The van der Waals surface area contributed by atoms with Crippen molar-refractivity contribution in [1.29, 1.82) is 0 Å². The SMILES string of the molecule is CC(C)CCOC(=O)c1cccc(OCCC(C)C)c1. The second-order valence-electron chi connectivity index (χ2n) is 5.88. The monoisotopic (exact) mass is 278 g/mol. The Hall–Kier alpha value is -1.51. The summed E-state index contributed by atoms with van der Waals surface area (Å²) in [5.74, 6) is 1.59. The van der Waals surface area contributed by atoms with Gasteiger partial charge in [-0.2, -0.15) is 0 Å². The Kier molecular flexibility index (Phi) is 7.13. The summed E-state index contributed by atoms with van der Waals surface area (Å²) in [7, 11) is 0. The molecule has 0 fully saturated rings. The molecular formula is C17H26O3. The molecule has 0 saturated heterocycles. The topological polar surface area (TPSA) is 35.5 Å². The van der Waals surface area contributed by atoms with Crippen LogP contribution in [0.5, 0.6) is 5.75 Å². The summed E-state index contributed by atoms with van der Waals surface area (Å²) in [5, 5.41) is 0. The molecule has 1 aromatic carbocycles. The summed E-state index contributed by atoms with van der Waals surface area (Å²) >= 11 is 0. The highest BCUT2D eigenvalue weighted by molar-refractivity contribution is 5.89. The van der Waals surface area contributed by atoms with Crippen molar-refractivity contribution < 1.29 is 14.3 Å². The summed E-state index contributed by atoms with van der Waals surface area (Å²) in [6.45, 7) is 9.67. The molecule has 0 unspecified atom stereocenters. The number of esters is 1. The van der Waals surface area contributed by atoms with E-state index >= 15 is 0 Å². The average molecular weight is 278 g/mol. The van der Waals surface area contributed by atoms with Gasteiger partial charge in [0, 0.05) is 0 Å². The zero-order valence-electron chi connectivity index (χ0n) is 13.0. The van der Waals surface area contributed by atoms with E-state index in [9.17, 15) is 4.79 Å². The molecule has 0 aliphatic heterocycles. The van der Waals surface area contributed by atoms with Gasteiger partial charge in [-0.1, -0.05) is 33.8 Å². The Morgan fingerprint density at radius 3 is 2.35 bits per heavy atom. The highest BCUT2D eigenvalue weighted by Gasteiger charge is 2.08. The second kappa shape index (κ2) is 8.62. The highest BCUT2D eigenvalue weighted by atomic mass is 16.5. The van der Waals surface area contributed by atoms with Gasteiger partial charge in [0.1, 0.15) is 5.75 Å². The first-order valence-electron chi connectivity index (χ1n) is 7.39.